The van der Waals surface area contributed by atoms with Gasteiger partial charge in [-0.25, -0.2) is 8.78 Å². The van der Waals surface area contributed by atoms with Crippen LogP contribution in [0.1, 0.15) is 17.9 Å². The Balaban J connectivity index is 0.000000720. The van der Waals surface area contributed by atoms with E-state index in [-0.39, 0.29) is 68.9 Å². The molecular formula is C9H7F2K. The Morgan fingerprint density at radius 1 is 1.33 bits per heavy atom. The second-order valence-electron chi connectivity index (χ2n) is 2.74. The molecule has 0 radical (unpaired) electrons. The number of hydrogen-bond donors (Lipinski definition) is 0. The second kappa shape index (κ2) is 4.29. The summed E-state index contributed by atoms with van der Waals surface area (Å²) < 4.78 is 25.4. The summed E-state index contributed by atoms with van der Waals surface area (Å²) in [6.45, 7) is 0. The minimum atomic E-state index is -0.360. The third-order valence-corrected chi connectivity index (χ3v) is 1.83. The van der Waals surface area contributed by atoms with E-state index in [1.54, 1.807) is 0 Å². The van der Waals surface area contributed by atoms with E-state index in [1.807, 2.05) is 6.42 Å². The zero-order chi connectivity index (χ0) is 7.84. The van der Waals surface area contributed by atoms with Crippen molar-refractivity contribution in [2.45, 2.75) is 12.3 Å². The maximum atomic E-state index is 12.9. The average Bonchev–Trinajstić information content (AvgIpc) is 2.76. The molecule has 1 saturated carbocycles. The van der Waals surface area contributed by atoms with Crippen LogP contribution in [0.2, 0.25) is 0 Å². The third kappa shape index (κ3) is 2.36. The first kappa shape index (κ1) is 10.8. The molecule has 0 aromatic heterocycles. The van der Waals surface area contributed by atoms with E-state index in [0.717, 1.165) is 12.5 Å². The van der Waals surface area contributed by atoms with Gasteiger partial charge in [-0.1, -0.05) is 0 Å². The van der Waals surface area contributed by atoms with E-state index >= 15 is 0 Å². The molecular weight excluding hydrogens is 185 g/mol. The van der Waals surface area contributed by atoms with Crippen molar-refractivity contribution in [3.8, 4) is 0 Å². The summed E-state index contributed by atoms with van der Waals surface area (Å²) in [4.78, 5) is 0. The van der Waals surface area contributed by atoms with Crippen molar-refractivity contribution in [2.75, 3.05) is 0 Å². The Kier molecular flexibility index (Phi) is 3.86. The molecule has 1 aromatic rings. The van der Waals surface area contributed by atoms with Crippen LogP contribution < -0.4 is 51.4 Å². The van der Waals surface area contributed by atoms with Crippen LogP contribution in [0.5, 0.6) is 0 Å². The number of hydrogen-bond acceptors (Lipinski definition) is 0. The standard InChI is InChI=1S/C9H7F2.K/c10-7-3-4-9(11)8(5-7)6-1-2-6;/h1,3-6H,2H2;/q-1;+1/t6-;/m1./s1. The zero-order valence-corrected chi connectivity index (χ0v) is 9.97. The van der Waals surface area contributed by atoms with Crippen molar-refractivity contribution >= 4 is 0 Å². The summed E-state index contributed by atoms with van der Waals surface area (Å²) in [6, 6.07) is 3.58. The summed E-state index contributed by atoms with van der Waals surface area (Å²) >= 11 is 0. The summed E-state index contributed by atoms with van der Waals surface area (Å²) in [6.07, 6.45) is 2.83. The van der Waals surface area contributed by atoms with Gasteiger partial charge in [0, 0.05) is 0 Å². The van der Waals surface area contributed by atoms with Gasteiger partial charge in [-0.15, -0.1) is 0 Å². The van der Waals surface area contributed by atoms with Crippen molar-refractivity contribution < 1.29 is 60.2 Å². The SMILES string of the molecule is Fc1ccc(F)c([C@@H]2[CH-]C2)c1.[K+]. The van der Waals surface area contributed by atoms with E-state index in [9.17, 15) is 8.78 Å². The molecule has 1 aromatic carbocycles. The molecule has 1 aliphatic carbocycles. The van der Waals surface area contributed by atoms with Crippen LogP contribution in [0.3, 0.4) is 0 Å². The third-order valence-electron chi connectivity index (χ3n) is 1.83. The second-order valence-corrected chi connectivity index (χ2v) is 2.74. The summed E-state index contributed by atoms with van der Waals surface area (Å²) in [5, 5.41) is 0. The Morgan fingerprint density at radius 2 is 2.00 bits per heavy atom. The first-order chi connectivity index (χ1) is 5.27. The van der Waals surface area contributed by atoms with E-state index < -0.39 is 0 Å². The molecule has 1 fully saturated rings. The maximum Gasteiger partial charge on any atom is 1.00 e. The minimum Gasteiger partial charge on any atom is -0.325 e. The zero-order valence-electron chi connectivity index (χ0n) is 6.85. The predicted molar refractivity (Wildman–Crippen MR) is 38.0 cm³/mol. The van der Waals surface area contributed by atoms with Crippen molar-refractivity contribution in [3.05, 3.63) is 41.8 Å². The van der Waals surface area contributed by atoms with Gasteiger partial charge in [0.2, 0.25) is 0 Å². The van der Waals surface area contributed by atoms with E-state index in [2.05, 4.69) is 0 Å². The molecule has 0 heterocycles. The molecule has 58 valence electrons. The Labute approximate surface area is 113 Å². The molecule has 0 saturated heterocycles. The van der Waals surface area contributed by atoms with E-state index in [4.69, 9.17) is 0 Å². The van der Waals surface area contributed by atoms with Gasteiger partial charge < -0.3 is 6.42 Å². The fourth-order valence-electron chi connectivity index (χ4n) is 1.12. The fourth-order valence-corrected chi connectivity index (χ4v) is 1.12. The van der Waals surface area contributed by atoms with Gasteiger partial charge in [0.1, 0.15) is 11.6 Å². The van der Waals surface area contributed by atoms with Crippen molar-refractivity contribution in [1.82, 2.24) is 0 Å². The Morgan fingerprint density at radius 3 is 2.58 bits per heavy atom. The van der Waals surface area contributed by atoms with E-state index in [1.165, 1.54) is 12.1 Å². The average molecular weight is 192 g/mol. The molecule has 3 heteroatoms. The summed E-state index contributed by atoms with van der Waals surface area (Å²) in [5.74, 6) is -0.502. The Hall–Kier alpha value is 0.716. The molecule has 2 rings (SSSR count). The van der Waals surface area contributed by atoms with Crippen molar-refractivity contribution in [2.24, 2.45) is 0 Å². The Bertz CT molecular complexity index is 282. The van der Waals surface area contributed by atoms with Crippen LogP contribution in [0.4, 0.5) is 8.78 Å². The van der Waals surface area contributed by atoms with Crippen molar-refractivity contribution in [3.63, 3.8) is 0 Å². The van der Waals surface area contributed by atoms with Crippen LogP contribution in [-0.4, -0.2) is 0 Å². The quantitative estimate of drug-likeness (QED) is 0.422. The van der Waals surface area contributed by atoms with Crippen LogP contribution in [0.25, 0.3) is 0 Å². The van der Waals surface area contributed by atoms with Gasteiger partial charge in [-0.05, 0) is 23.8 Å². The minimum absolute atomic E-state index is 0. The molecule has 0 bridgehead atoms. The number of rotatable bonds is 1. The first-order valence-electron chi connectivity index (χ1n) is 3.55. The number of benzene rings is 1. The molecule has 1 atom stereocenters. The smallest absolute Gasteiger partial charge is 0.325 e. The molecule has 0 aliphatic heterocycles. The van der Waals surface area contributed by atoms with Gasteiger partial charge in [0.15, 0.2) is 0 Å². The van der Waals surface area contributed by atoms with Gasteiger partial charge in [-0.3, -0.25) is 0 Å². The van der Waals surface area contributed by atoms with E-state index in [0.29, 0.717) is 5.56 Å². The van der Waals surface area contributed by atoms with Gasteiger partial charge in [0.05, 0.1) is 0 Å². The molecule has 0 spiro atoms. The monoisotopic (exact) mass is 192 g/mol. The molecule has 0 nitrogen and oxygen atoms in total. The van der Waals surface area contributed by atoms with Crippen molar-refractivity contribution in [1.29, 1.82) is 0 Å². The fraction of sp³-hybridized carbons (Fsp3) is 0.222. The van der Waals surface area contributed by atoms with Gasteiger partial charge in [-0.2, -0.15) is 12.3 Å². The first-order valence-corrected chi connectivity index (χ1v) is 3.55. The molecule has 0 amide bonds. The molecule has 12 heavy (non-hydrogen) atoms. The largest absolute Gasteiger partial charge is 1.00 e. The summed E-state index contributed by atoms with van der Waals surface area (Å²) in [5.41, 5.74) is 0.491. The molecule has 0 unspecified atom stereocenters. The molecule has 1 aliphatic rings. The van der Waals surface area contributed by atoms with Crippen LogP contribution in [0.15, 0.2) is 18.2 Å². The van der Waals surface area contributed by atoms with Crippen LogP contribution >= 0.6 is 0 Å². The van der Waals surface area contributed by atoms with Crippen LogP contribution in [-0.2, 0) is 0 Å². The number of halogens is 2. The van der Waals surface area contributed by atoms with Gasteiger partial charge >= 0.3 is 51.4 Å². The summed E-state index contributed by atoms with van der Waals surface area (Å²) in [7, 11) is 0. The molecule has 0 N–H and O–H groups in total. The predicted octanol–water partition coefficient (Wildman–Crippen LogP) is -0.340. The normalized spacial score (nSPS) is 20.0. The van der Waals surface area contributed by atoms with Crippen LogP contribution in [0, 0.1) is 18.1 Å². The topological polar surface area (TPSA) is 0 Å². The maximum absolute atomic E-state index is 12.9. The van der Waals surface area contributed by atoms with Gasteiger partial charge in [0.25, 0.3) is 0 Å².